The van der Waals surface area contributed by atoms with Gasteiger partial charge in [-0.05, 0) is 28.8 Å². The average Bonchev–Trinajstić information content (AvgIpc) is 2.72. The van der Waals surface area contributed by atoms with Gasteiger partial charge >= 0.3 is 5.97 Å². The van der Waals surface area contributed by atoms with E-state index in [1.807, 2.05) is 47.4 Å². The van der Waals surface area contributed by atoms with Crippen molar-refractivity contribution in [2.75, 3.05) is 13.1 Å². The van der Waals surface area contributed by atoms with Crippen molar-refractivity contribution in [3.05, 3.63) is 83.3 Å². The lowest BCUT2D eigenvalue weighted by atomic mass is 10.0. The molecule has 0 aliphatic carbocycles. The first kappa shape index (κ1) is 19.1. The number of fused-ring (bicyclic) bond motifs is 1. The molecule has 0 amide bonds. The zero-order valence-electron chi connectivity index (χ0n) is 15.8. The molecule has 1 aromatic heterocycles. The second-order valence-electron chi connectivity index (χ2n) is 7.08. The Kier molecular flexibility index (Phi) is 5.53. The number of hydrogen-bond donors (Lipinski definition) is 1. The smallest absolute Gasteiger partial charge is 0.317 e. The second kappa shape index (κ2) is 8.41. The Morgan fingerprint density at radius 2 is 2.00 bits per heavy atom. The number of hydrogen-bond acceptors (Lipinski definition) is 4. The lowest BCUT2D eigenvalue weighted by Gasteiger charge is -2.26. The molecule has 5 nitrogen and oxygen atoms in total. The molecule has 6 heteroatoms. The summed E-state index contributed by atoms with van der Waals surface area (Å²) < 4.78 is 19.9. The van der Waals surface area contributed by atoms with E-state index in [4.69, 9.17) is 9.84 Å². The van der Waals surface area contributed by atoms with Crippen LogP contribution in [0.2, 0.25) is 0 Å². The minimum Gasteiger partial charge on any atom is -0.480 e. The second-order valence-corrected chi connectivity index (χ2v) is 7.08. The predicted octanol–water partition coefficient (Wildman–Crippen LogP) is 3.91. The van der Waals surface area contributed by atoms with E-state index in [1.165, 1.54) is 6.07 Å². The fraction of sp³-hybridized carbons (Fsp3) is 0.217. The number of carbonyl (C=O) groups is 1. The molecule has 0 spiro atoms. The topological polar surface area (TPSA) is 62.7 Å². The van der Waals surface area contributed by atoms with Gasteiger partial charge in [-0.2, -0.15) is 0 Å². The van der Waals surface area contributed by atoms with Crippen LogP contribution in [0.1, 0.15) is 16.8 Å². The molecule has 2 heterocycles. The Hall–Kier alpha value is -3.25. The van der Waals surface area contributed by atoms with E-state index in [2.05, 4.69) is 4.98 Å². The maximum absolute atomic E-state index is 14.0. The fourth-order valence-electron chi connectivity index (χ4n) is 3.54. The van der Waals surface area contributed by atoms with E-state index >= 15 is 0 Å². The van der Waals surface area contributed by atoms with Crippen molar-refractivity contribution in [2.24, 2.45) is 0 Å². The molecule has 148 valence electrons. The SMILES string of the molecule is O=C(O)CN1CCc2nc(OCc3cccc(-c4ccccc4F)c3)ccc2C1. The van der Waals surface area contributed by atoms with E-state index in [1.54, 1.807) is 12.1 Å². The Morgan fingerprint density at radius 1 is 1.14 bits per heavy atom. The van der Waals surface area contributed by atoms with Crippen LogP contribution in [0, 0.1) is 5.82 Å². The third kappa shape index (κ3) is 4.60. The summed E-state index contributed by atoms with van der Waals surface area (Å²) in [5.41, 5.74) is 4.28. The molecule has 0 saturated heterocycles. The Morgan fingerprint density at radius 3 is 2.83 bits per heavy atom. The van der Waals surface area contributed by atoms with Gasteiger partial charge in [-0.25, -0.2) is 9.37 Å². The maximum atomic E-state index is 14.0. The van der Waals surface area contributed by atoms with Crippen molar-refractivity contribution in [2.45, 2.75) is 19.6 Å². The zero-order valence-corrected chi connectivity index (χ0v) is 15.8. The third-order valence-corrected chi connectivity index (χ3v) is 4.96. The Balaban J connectivity index is 1.43. The molecule has 0 fully saturated rings. The van der Waals surface area contributed by atoms with Crippen molar-refractivity contribution >= 4 is 5.97 Å². The van der Waals surface area contributed by atoms with Crippen molar-refractivity contribution in [3.8, 4) is 17.0 Å². The maximum Gasteiger partial charge on any atom is 0.317 e. The highest BCUT2D eigenvalue weighted by molar-refractivity contribution is 5.69. The molecule has 1 aliphatic heterocycles. The summed E-state index contributed by atoms with van der Waals surface area (Å²) >= 11 is 0. The van der Waals surface area contributed by atoms with Crippen LogP contribution >= 0.6 is 0 Å². The van der Waals surface area contributed by atoms with Crippen molar-refractivity contribution in [1.29, 1.82) is 0 Å². The number of aromatic nitrogens is 1. The molecule has 0 atom stereocenters. The first-order valence-electron chi connectivity index (χ1n) is 9.48. The molecule has 0 bridgehead atoms. The molecule has 1 N–H and O–H groups in total. The monoisotopic (exact) mass is 392 g/mol. The number of aliphatic carboxylic acids is 1. The Labute approximate surface area is 168 Å². The number of benzene rings is 2. The van der Waals surface area contributed by atoms with Gasteiger partial charge in [0.2, 0.25) is 5.88 Å². The fourth-order valence-corrected chi connectivity index (χ4v) is 3.54. The van der Waals surface area contributed by atoms with E-state index in [-0.39, 0.29) is 12.4 Å². The van der Waals surface area contributed by atoms with Crippen LogP contribution in [-0.4, -0.2) is 34.0 Å². The summed E-state index contributed by atoms with van der Waals surface area (Å²) in [5, 5.41) is 8.95. The zero-order chi connectivity index (χ0) is 20.2. The van der Waals surface area contributed by atoms with E-state index in [0.717, 1.165) is 22.4 Å². The standard InChI is InChI=1S/C23H21FN2O3/c24-20-7-2-1-6-19(20)17-5-3-4-16(12-17)15-29-22-9-8-18-13-26(14-23(27)28)11-10-21(18)25-22/h1-9,12H,10-11,13-15H2,(H,27,28). The minimum absolute atomic E-state index is 0.0377. The molecular weight excluding hydrogens is 371 g/mol. The van der Waals surface area contributed by atoms with Gasteiger partial charge in [0.05, 0.1) is 12.2 Å². The number of halogens is 1. The van der Waals surface area contributed by atoms with Gasteiger partial charge in [0.15, 0.2) is 0 Å². The predicted molar refractivity (Wildman–Crippen MR) is 107 cm³/mol. The lowest BCUT2D eigenvalue weighted by Crippen LogP contribution is -2.35. The summed E-state index contributed by atoms with van der Waals surface area (Å²) in [6.45, 7) is 1.62. The number of ether oxygens (including phenoxy) is 1. The summed E-state index contributed by atoms with van der Waals surface area (Å²) in [6.07, 6.45) is 0.697. The van der Waals surface area contributed by atoms with Crippen LogP contribution in [-0.2, 0) is 24.4 Å². The number of rotatable bonds is 6. The van der Waals surface area contributed by atoms with Crippen LogP contribution in [0.4, 0.5) is 4.39 Å². The largest absolute Gasteiger partial charge is 0.480 e. The number of nitrogens with zero attached hydrogens (tertiary/aromatic N) is 2. The Bertz CT molecular complexity index is 1040. The van der Waals surface area contributed by atoms with E-state index in [0.29, 0.717) is 37.6 Å². The van der Waals surface area contributed by atoms with Gasteiger partial charge in [-0.3, -0.25) is 9.69 Å². The van der Waals surface area contributed by atoms with Crippen molar-refractivity contribution in [3.63, 3.8) is 0 Å². The third-order valence-electron chi connectivity index (χ3n) is 4.96. The van der Waals surface area contributed by atoms with E-state index < -0.39 is 5.97 Å². The lowest BCUT2D eigenvalue weighted by molar-refractivity contribution is -0.138. The molecule has 2 aromatic carbocycles. The first-order valence-corrected chi connectivity index (χ1v) is 9.48. The molecular formula is C23H21FN2O3. The molecule has 0 unspecified atom stereocenters. The average molecular weight is 392 g/mol. The van der Waals surface area contributed by atoms with Gasteiger partial charge in [-0.1, -0.05) is 42.5 Å². The van der Waals surface area contributed by atoms with Crippen molar-refractivity contribution in [1.82, 2.24) is 9.88 Å². The van der Waals surface area contributed by atoms with Gasteiger partial charge in [-0.15, -0.1) is 0 Å². The highest BCUT2D eigenvalue weighted by Crippen LogP contribution is 2.24. The quantitative estimate of drug-likeness (QED) is 0.689. The number of pyridine rings is 1. The highest BCUT2D eigenvalue weighted by Gasteiger charge is 2.19. The summed E-state index contributed by atoms with van der Waals surface area (Å²) in [6, 6.07) is 18.1. The molecule has 1 aliphatic rings. The molecule has 4 rings (SSSR count). The summed E-state index contributed by atoms with van der Waals surface area (Å²) in [4.78, 5) is 17.4. The molecule has 0 radical (unpaired) electrons. The molecule has 3 aromatic rings. The van der Waals surface area contributed by atoms with Gasteiger partial charge in [0.25, 0.3) is 0 Å². The van der Waals surface area contributed by atoms with Gasteiger partial charge in [0, 0.05) is 31.1 Å². The number of carboxylic acid groups (broad SMARTS) is 1. The van der Waals surface area contributed by atoms with Gasteiger partial charge in [0.1, 0.15) is 12.4 Å². The summed E-state index contributed by atoms with van der Waals surface area (Å²) in [7, 11) is 0. The van der Waals surface area contributed by atoms with Crippen LogP contribution < -0.4 is 4.74 Å². The number of carboxylic acids is 1. The van der Waals surface area contributed by atoms with Crippen LogP contribution in [0.3, 0.4) is 0 Å². The molecule has 29 heavy (non-hydrogen) atoms. The first-order chi connectivity index (χ1) is 14.1. The van der Waals surface area contributed by atoms with Crippen LogP contribution in [0.15, 0.2) is 60.7 Å². The van der Waals surface area contributed by atoms with Crippen molar-refractivity contribution < 1.29 is 19.0 Å². The highest BCUT2D eigenvalue weighted by atomic mass is 19.1. The van der Waals surface area contributed by atoms with Gasteiger partial charge < -0.3 is 9.84 Å². The van der Waals surface area contributed by atoms with Crippen LogP contribution in [0.25, 0.3) is 11.1 Å². The normalized spacial score (nSPS) is 13.7. The van der Waals surface area contributed by atoms with E-state index in [9.17, 15) is 9.18 Å². The summed E-state index contributed by atoms with van der Waals surface area (Å²) in [5.74, 6) is -0.537. The molecule has 0 saturated carbocycles. The minimum atomic E-state index is -0.820. The van der Waals surface area contributed by atoms with Crippen LogP contribution in [0.5, 0.6) is 5.88 Å².